The molecule has 0 radical (unpaired) electrons. The number of benzene rings is 2. The first-order chi connectivity index (χ1) is 12.1. The van der Waals surface area contributed by atoms with Crippen LogP contribution in [-0.4, -0.2) is 25.7 Å². The summed E-state index contributed by atoms with van der Waals surface area (Å²) in [4.78, 5) is 24.0. The van der Waals surface area contributed by atoms with Crippen LogP contribution >= 0.6 is 0 Å². The van der Waals surface area contributed by atoms with Crippen molar-refractivity contribution in [1.29, 1.82) is 0 Å². The van der Waals surface area contributed by atoms with Crippen LogP contribution in [0.4, 0.5) is 0 Å². The number of carbonyl (C=O) groups excluding carboxylic acids is 2. The van der Waals surface area contributed by atoms with E-state index in [0.717, 1.165) is 0 Å². The molecule has 7 nitrogen and oxygen atoms in total. The van der Waals surface area contributed by atoms with Crippen LogP contribution in [0.1, 0.15) is 15.9 Å². The molecule has 25 heavy (non-hydrogen) atoms. The average molecular weight is 340 g/mol. The van der Waals surface area contributed by atoms with Gasteiger partial charge in [0, 0.05) is 5.56 Å². The lowest BCUT2D eigenvalue weighted by Gasteiger charge is -2.08. The van der Waals surface area contributed by atoms with Gasteiger partial charge >= 0.3 is 0 Å². The van der Waals surface area contributed by atoms with Gasteiger partial charge < -0.3 is 25.3 Å². The fourth-order valence-corrected chi connectivity index (χ4v) is 2.28. The highest BCUT2D eigenvalue weighted by Gasteiger charge is 2.15. The van der Waals surface area contributed by atoms with Gasteiger partial charge in [0.25, 0.3) is 11.8 Å². The van der Waals surface area contributed by atoms with Crippen LogP contribution in [-0.2, 0) is 4.79 Å². The highest BCUT2D eigenvalue weighted by molar-refractivity contribution is 6.04. The normalized spacial score (nSPS) is 12.6. The second-order valence-electron chi connectivity index (χ2n) is 5.22. The quantitative estimate of drug-likeness (QED) is 0.807. The predicted octanol–water partition coefficient (Wildman–Crippen LogP) is 1.68. The zero-order valence-electron chi connectivity index (χ0n) is 13.4. The number of methoxy groups -OCH3 is 1. The lowest BCUT2D eigenvalue weighted by Crippen LogP contribution is -2.31. The van der Waals surface area contributed by atoms with Crippen molar-refractivity contribution < 1.29 is 23.8 Å². The summed E-state index contributed by atoms with van der Waals surface area (Å²) in [5.74, 6) is 0.620. The van der Waals surface area contributed by atoms with Crippen LogP contribution in [0.15, 0.2) is 48.2 Å². The summed E-state index contributed by atoms with van der Waals surface area (Å²) in [6, 6.07) is 11.6. The average Bonchev–Trinajstić information content (AvgIpc) is 3.08. The molecule has 0 fully saturated rings. The van der Waals surface area contributed by atoms with Gasteiger partial charge in [0.2, 0.25) is 6.79 Å². The van der Waals surface area contributed by atoms with E-state index >= 15 is 0 Å². The summed E-state index contributed by atoms with van der Waals surface area (Å²) in [5, 5.41) is 2.52. The maximum atomic E-state index is 12.3. The minimum absolute atomic E-state index is 0.0281. The Labute approximate surface area is 144 Å². The monoisotopic (exact) mass is 340 g/mol. The van der Waals surface area contributed by atoms with Gasteiger partial charge in [-0.2, -0.15) is 0 Å². The van der Waals surface area contributed by atoms with E-state index < -0.39 is 11.8 Å². The molecule has 1 aliphatic rings. The topological polar surface area (TPSA) is 99.9 Å². The SMILES string of the molecule is COc1ccc(C(=O)N/C(=C/c2ccc3c(c2)OCO3)C(N)=O)cc1. The first-order valence-electron chi connectivity index (χ1n) is 7.43. The molecule has 3 N–H and O–H groups in total. The predicted molar refractivity (Wildman–Crippen MR) is 90.2 cm³/mol. The van der Waals surface area contributed by atoms with Gasteiger partial charge in [0.15, 0.2) is 11.5 Å². The first kappa shape index (κ1) is 16.4. The maximum Gasteiger partial charge on any atom is 0.265 e. The molecule has 0 aliphatic carbocycles. The van der Waals surface area contributed by atoms with Gasteiger partial charge in [-0.05, 0) is 48.0 Å². The number of carbonyl (C=O) groups is 2. The molecule has 0 atom stereocenters. The van der Waals surface area contributed by atoms with E-state index in [1.807, 2.05) is 0 Å². The number of nitrogens with one attached hydrogen (secondary N) is 1. The number of nitrogens with two attached hydrogens (primary N) is 1. The van der Waals surface area contributed by atoms with Crippen molar-refractivity contribution in [3.05, 3.63) is 59.3 Å². The van der Waals surface area contributed by atoms with E-state index in [4.69, 9.17) is 19.9 Å². The molecule has 0 saturated carbocycles. The number of hydrogen-bond donors (Lipinski definition) is 2. The summed E-state index contributed by atoms with van der Waals surface area (Å²) >= 11 is 0. The van der Waals surface area contributed by atoms with Gasteiger partial charge in [-0.1, -0.05) is 6.07 Å². The molecule has 1 heterocycles. The van der Waals surface area contributed by atoms with Crippen molar-refractivity contribution in [1.82, 2.24) is 5.32 Å². The molecule has 1 aliphatic heterocycles. The van der Waals surface area contributed by atoms with Gasteiger partial charge in [0.1, 0.15) is 11.4 Å². The summed E-state index contributed by atoms with van der Waals surface area (Å²) < 4.78 is 15.6. The lowest BCUT2D eigenvalue weighted by molar-refractivity contribution is -0.114. The largest absolute Gasteiger partial charge is 0.497 e. The second-order valence-corrected chi connectivity index (χ2v) is 5.22. The summed E-state index contributed by atoms with van der Waals surface area (Å²) in [6.45, 7) is 0.152. The molecule has 0 bridgehead atoms. The number of ether oxygens (including phenoxy) is 3. The molecule has 0 spiro atoms. The van der Waals surface area contributed by atoms with Crippen LogP contribution in [0.5, 0.6) is 17.2 Å². The first-order valence-corrected chi connectivity index (χ1v) is 7.43. The number of rotatable bonds is 5. The van der Waals surface area contributed by atoms with Crippen molar-refractivity contribution in [3.63, 3.8) is 0 Å². The summed E-state index contributed by atoms with van der Waals surface area (Å²) in [7, 11) is 1.54. The molecule has 3 rings (SSSR count). The van der Waals surface area contributed by atoms with E-state index in [1.165, 1.54) is 13.2 Å². The molecular weight excluding hydrogens is 324 g/mol. The standard InChI is InChI=1S/C18H16N2O5/c1-23-13-5-3-12(4-6-13)18(22)20-14(17(19)21)8-11-2-7-15-16(9-11)25-10-24-15/h2-9H,10H2,1H3,(H2,19,21)(H,20,22)/b14-8+. The van der Waals surface area contributed by atoms with Crippen molar-refractivity contribution in [2.24, 2.45) is 5.73 Å². The Balaban J connectivity index is 1.80. The lowest BCUT2D eigenvalue weighted by atomic mass is 10.1. The Hall–Kier alpha value is -3.48. The minimum atomic E-state index is -0.750. The third kappa shape index (κ3) is 3.72. The second kappa shape index (κ2) is 6.96. The Kier molecular flexibility index (Phi) is 4.56. The highest BCUT2D eigenvalue weighted by Crippen LogP contribution is 2.33. The molecular formula is C18H16N2O5. The number of hydrogen-bond acceptors (Lipinski definition) is 5. The van der Waals surface area contributed by atoms with Crippen LogP contribution < -0.4 is 25.3 Å². The molecule has 2 aromatic rings. The van der Waals surface area contributed by atoms with Crippen molar-refractivity contribution in [2.75, 3.05) is 13.9 Å². The molecule has 2 aromatic carbocycles. The fourth-order valence-electron chi connectivity index (χ4n) is 2.28. The van der Waals surface area contributed by atoms with Crippen LogP contribution in [0.2, 0.25) is 0 Å². The zero-order chi connectivity index (χ0) is 17.8. The molecule has 0 unspecified atom stereocenters. The minimum Gasteiger partial charge on any atom is -0.497 e. The van der Waals surface area contributed by atoms with E-state index in [9.17, 15) is 9.59 Å². The van der Waals surface area contributed by atoms with Gasteiger partial charge in [-0.3, -0.25) is 9.59 Å². The Bertz CT molecular complexity index is 843. The summed E-state index contributed by atoms with van der Waals surface area (Å²) in [6.07, 6.45) is 1.48. The van der Waals surface area contributed by atoms with Gasteiger partial charge in [-0.25, -0.2) is 0 Å². The Morgan fingerprint density at radius 3 is 2.52 bits per heavy atom. The number of fused-ring (bicyclic) bond motifs is 1. The molecule has 2 amide bonds. The zero-order valence-corrected chi connectivity index (χ0v) is 13.4. The third-order valence-electron chi connectivity index (χ3n) is 3.57. The van der Waals surface area contributed by atoms with E-state index in [-0.39, 0.29) is 12.5 Å². The smallest absolute Gasteiger partial charge is 0.265 e. The highest BCUT2D eigenvalue weighted by atomic mass is 16.7. The van der Waals surface area contributed by atoms with Crippen LogP contribution in [0, 0.1) is 0 Å². The molecule has 0 saturated heterocycles. The molecule has 128 valence electrons. The summed E-state index contributed by atoms with van der Waals surface area (Å²) in [5.41, 5.74) is 6.36. The number of primary amides is 1. The fraction of sp³-hybridized carbons (Fsp3) is 0.111. The number of amides is 2. The van der Waals surface area contributed by atoms with Gasteiger partial charge in [0.05, 0.1) is 7.11 Å². The Morgan fingerprint density at radius 1 is 1.12 bits per heavy atom. The van der Waals surface area contributed by atoms with E-state index in [2.05, 4.69) is 5.32 Å². The molecule has 0 aromatic heterocycles. The third-order valence-corrected chi connectivity index (χ3v) is 3.57. The molecule has 7 heteroatoms. The van der Waals surface area contributed by atoms with E-state index in [1.54, 1.807) is 42.5 Å². The van der Waals surface area contributed by atoms with E-state index in [0.29, 0.717) is 28.4 Å². The van der Waals surface area contributed by atoms with Crippen LogP contribution in [0.3, 0.4) is 0 Å². The van der Waals surface area contributed by atoms with Crippen molar-refractivity contribution in [2.45, 2.75) is 0 Å². The Morgan fingerprint density at radius 2 is 1.84 bits per heavy atom. The van der Waals surface area contributed by atoms with Gasteiger partial charge in [-0.15, -0.1) is 0 Å². The van der Waals surface area contributed by atoms with Crippen LogP contribution in [0.25, 0.3) is 6.08 Å². The van der Waals surface area contributed by atoms with Crippen molar-refractivity contribution in [3.8, 4) is 17.2 Å². The van der Waals surface area contributed by atoms with Crippen molar-refractivity contribution >= 4 is 17.9 Å². The maximum absolute atomic E-state index is 12.3.